The van der Waals surface area contributed by atoms with Crippen LogP contribution in [0.25, 0.3) is 10.1 Å². The van der Waals surface area contributed by atoms with Gasteiger partial charge >= 0.3 is 0 Å². The zero-order chi connectivity index (χ0) is 13.9. The van der Waals surface area contributed by atoms with Crippen molar-refractivity contribution in [3.8, 4) is 0 Å². The monoisotopic (exact) mass is 287 g/mol. The summed E-state index contributed by atoms with van der Waals surface area (Å²) in [6.07, 6.45) is 1.56. The summed E-state index contributed by atoms with van der Waals surface area (Å²) < 4.78 is 5.49. The number of carbonyl (C=O) groups is 1. The summed E-state index contributed by atoms with van der Waals surface area (Å²) in [5.41, 5.74) is 7.63. The molecule has 8 heteroatoms. The zero-order valence-electron chi connectivity index (χ0n) is 10.1. The van der Waals surface area contributed by atoms with Crippen molar-refractivity contribution in [2.75, 3.05) is 5.73 Å². The summed E-state index contributed by atoms with van der Waals surface area (Å²) in [6.45, 7) is 0. The number of rotatable bonds is 3. The van der Waals surface area contributed by atoms with Crippen molar-refractivity contribution in [3.05, 3.63) is 40.9 Å². The van der Waals surface area contributed by atoms with Gasteiger partial charge in [0.15, 0.2) is 0 Å². The van der Waals surface area contributed by atoms with Gasteiger partial charge in [-0.05, 0) is 27.8 Å². The van der Waals surface area contributed by atoms with Crippen molar-refractivity contribution in [1.82, 2.24) is 15.7 Å². The number of hydrogen-bond acceptors (Lipinski definition) is 7. The number of thiophene rings is 1. The Hall–Kier alpha value is -2.74. The fourth-order valence-electron chi connectivity index (χ4n) is 1.63. The second-order valence-corrected chi connectivity index (χ2v) is 5.00. The van der Waals surface area contributed by atoms with Crippen LogP contribution in [0.4, 0.5) is 5.82 Å². The number of amides is 1. The van der Waals surface area contributed by atoms with Gasteiger partial charge in [0.25, 0.3) is 5.91 Å². The van der Waals surface area contributed by atoms with E-state index in [1.165, 1.54) is 0 Å². The minimum atomic E-state index is -0.568. The number of anilines is 1. The third-order valence-corrected chi connectivity index (χ3v) is 3.58. The molecule has 3 aromatic rings. The van der Waals surface area contributed by atoms with E-state index in [0.29, 0.717) is 0 Å². The van der Waals surface area contributed by atoms with Crippen molar-refractivity contribution in [3.63, 3.8) is 0 Å². The molecule has 1 amide bonds. The Balaban J connectivity index is 1.71. The van der Waals surface area contributed by atoms with E-state index in [-0.39, 0.29) is 11.5 Å². The smallest absolute Gasteiger partial charge is 0.297 e. The standard InChI is InChI=1S/C12H9N5O2S/c13-11-10(16-19-17-11)12(18)15-14-6-8-5-7-3-1-2-4-9(7)20-8/h1-6H,(H2,13,17)(H,15,18)/b14-6+. The summed E-state index contributed by atoms with van der Waals surface area (Å²) in [4.78, 5) is 12.6. The molecule has 0 saturated heterocycles. The molecule has 2 heterocycles. The molecule has 3 N–H and O–H groups in total. The van der Waals surface area contributed by atoms with Gasteiger partial charge in [-0.2, -0.15) is 5.10 Å². The Bertz CT molecular complexity index is 759. The lowest BCUT2D eigenvalue weighted by atomic mass is 10.2. The number of carbonyl (C=O) groups excluding carboxylic acids is 1. The first-order valence-corrected chi connectivity index (χ1v) is 6.46. The first kappa shape index (κ1) is 12.3. The molecule has 0 bridgehead atoms. The summed E-state index contributed by atoms with van der Waals surface area (Å²) in [7, 11) is 0. The van der Waals surface area contributed by atoms with Crippen LogP contribution in [0.2, 0.25) is 0 Å². The van der Waals surface area contributed by atoms with Gasteiger partial charge in [0.1, 0.15) is 0 Å². The van der Waals surface area contributed by atoms with E-state index in [1.54, 1.807) is 17.6 Å². The summed E-state index contributed by atoms with van der Waals surface area (Å²) >= 11 is 1.58. The largest absolute Gasteiger partial charge is 0.379 e. The molecule has 20 heavy (non-hydrogen) atoms. The summed E-state index contributed by atoms with van der Waals surface area (Å²) in [6, 6.07) is 9.98. The fourth-order valence-corrected chi connectivity index (χ4v) is 2.56. The average molecular weight is 287 g/mol. The third kappa shape index (κ3) is 2.36. The van der Waals surface area contributed by atoms with Gasteiger partial charge in [0, 0.05) is 9.58 Å². The molecule has 0 atom stereocenters. The molecule has 0 spiro atoms. The predicted molar refractivity (Wildman–Crippen MR) is 75.6 cm³/mol. The van der Waals surface area contributed by atoms with Gasteiger partial charge in [-0.1, -0.05) is 18.2 Å². The van der Waals surface area contributed by atoms with E-state index in [1.807, 2.05) is 30.3 Å². The maximum Gasteiger partial charge on any atom is 0.297 e. The Morgan fingerprint density at radius 3 is 3.00 bits per heavy atom. The van der Waals surface area contributed by atoms with E-state index >= 15 is 0 Å². The lowest BCUT2D eigenvalue weighted by Crippen LogP contribution is -2.19. The highest BCUT2D eigenvalue weighted by atomic mass is 32.1. The summed E-state index contributed by atoms with van der Waals surface area (Å²) in [5, 5.41) is 11.7. The van der Waals surface area contributed by atoms with Crippen LogP contribution in [-0.2, 0) is 0 Å². The minimum Gasteiger partial charge on any atom is -0.379 e. The molecule has 0 radical (unpaired) electrons. The van der Waals surface area contributed by atoms with Crippen LogP contribution >= 0.6 is 11.3 Å². The van der Waals surface area contributed by atoms with E-state index in [0.717, 1.165) is 15.0 Å². The van der Waals surface area contributed by atoms with Crippen molar-refractivity contribution >= 4 is 39.4 Å². The first-order chi connectivity index (χ1) is 9.74. The second kappa shape index (κ2) is 5.10. The topological polar surface area (TPSA) is 106 Å². The minimum absolute atomic E-state index is 0.0698. The number of benzene rings is 1. The molecule has 2 aromatic heterocycles. The van der Waals surface area contributed by atoms with Gasteiger partial charge in [-0.3, -0.25) is 4.79 Å². The maximum atomic E-state index is 11.6. The number of nitrogens with one attached hydrogen (secondary N) is 1. The highest BCUT2D eigenvalue weighted by Crippen LogP contribution is 2.23. The number of hydrogen-bond donors (Lipinski definition) is 2. The van der Waals surface area contributed by atoms with Crippen LogP contribution in [0.3, 0.4) is 0 Å². The van der Waals surface area contributed by atoms with Crippen molar-refractivity contribution in [2.24, 2.45) is 5.10 Å². The Kier molecular flexibility index (Phi) is 3.13. The highest BCUT2D eigenvalue weighted by Gasteiger charge is 2.14. The lowest BCUT2D eigenvalue weighted by molar-refractivity contribution is 0.0946. The van der Waals surface area contributed by atoms with E-state index in [4.69, 9.17) is 5.73 Å². The average Bonchev–Trinajstić information content (AvgIpc) is 3.04. The van der Waals surface area contributed by atoms with Crippen LogP contribution in [0, 0.1) is 0 Å². The van der Waals surface area contributed by atoms with Crippen molar-refractivity contribution < 1.29 is 9.42 Å². The number of fused-ring (bicyclic) bond motifs is 1. The molecule has 0 aliphatic heterocycles. The molecule has 0 fully saturated rings. The zero-order valence-corrected chi connectivity index (χ0v) is 10.9. The number of aromatic nitrogens is 2. The molecule has 0 aliphatic carbocycles. The van der Waals surface area contributed by atoms with Crippen LogP contribution in [0.5, 0.6) is 0 Å². The number of nitrogen functional groups attached to an aromatic ring is 1. The Labute approximate surface area is 117 Å². The predicted octanol–water partition coefficient (Wildman–Crippen LogP) is 1.63. The molecular formula is C12H9N5O2S. The van der Waals surface area contributed by atoms with Crippen LogP contribution in [0.1, 0.15) is 15.4 Å². The van der Waals surface area contributed by atoms with Gasteiger partial charge in [-0.15, -0.1) is 11.3 Å². The van der Waals surface area contributed by atoms with Crippen molar-refractivity contribution in [1.29, 1.82) is 0 Å². The Morgan fingerprint density at radius 1 is 1.40 bits per heavy atom. The molecule has 0 saturated carbocycles. The van der Waals surface area contributed by atoms with Gasteiger partial charge in [0.2, 0.25) is 11.5 Å². The quantitative estimate of drug-likeness (QED) is 0.562. The van der Waals surface area contributed by atoms with Crippen molar-refractivity contribution in [2.45, 2.75) is 0 Å². The van der Waals surface area contributed by atoms with Crippen LogP contribution < -0.4 is 11.2 Å². The number of hydrazone groups is 1. The molecule has 0 aliphatic rings. The molecule has 0 unspecified atom stereocenters. The third-order valence-electron chi connectivity index (χ3n) is 2.53. The van der Waals surface area contributed by atoms with Gasteiger partial charge < -0.3 is 5.73 Å². The number of nitrogens with two attached hydrogens (primary N) is 1. The lowest BCUT2D eigenvalue weighted by Gasteiger charge is -1.93. The molecule has 7 nitrogen and oxygen atoms in total. The van der Waals surface area contributed by atoms with E-state index < -0.39 is 5.91 Å². The fraction of sp³-hybridized carbons (Fsp3) is 0. The maximum absolute atomic E-state index is 11.6. The normalized spacial score (nSPS) is 11.2. The first-order valence-electron chi connectivity index (χ1n) is 5.64. The SMILES string of the molecule is Nc1nonc1C(=O)N/N=C/c1cc2ccccc2s1. The number of nitrogens with zero attached hydrogens (tertiary/aromatic N) is 3. The highest BCUT2D eigenvalue weighted by molar-refractivity contribution is 7.20. The van der Waals surface area contributed by atoms with Gasteiger partial charge in [0.05, 0.1) is 6.21 Å². The Morgan fingerprint density at radius 2 is 2.25 bits per heavy atom. The van der Waals surface area contributed by atoms with Crippen LogP contribution in [-0.4, -0.2) is 22.4 Å². The molecular weight excluding hydrogens is 278 g/mol. The van der Waals surface area contributed by atoms with Crippen LogP contribution in [0.15, 0.2) is 40.1 Å². The van der Waals surface area contributed by atoms with E-state index in [9.17, 15) is 4.79 Å². The summed E-state index contributed by atoms with van der Waals surface area (Å²) in [5.74, 6) is -0.638. The van der Waals surface area contributed by atoms with Gasteiger partial charge in [-0.25, -0.2) is 10.1 Å². The molecule has 100 valence electrons. The molecule has 1 aromatic carbocycles. The molecule has 3 rings (SSSR count). The second-order valence-electron chi connectivity index (χ2n) is 3.88. The van der Waals surface area contributed by atoms with E-state index in [2.05, 4.69) is 25.5 Å².